The summed E-state index contributed by atoms with van der Waals surface area (Å²) in [4.78, 5) is 23.1. The summed E-state index contributed by atoms with van der Waals surface area (Å²) in [7, 11) is 0. The Hall–Kier alpha value is -3.02. The molecule has 2 aromatic rings. The standard InChI is InChI=1S/C17H16N2O4/c20-16(18-9-12-4-2-1-3-5-12)10-22-13-6-7-15-14(8-13)19-17(21)11-23-15/h1-8H,9-11H2,(H,18,20)(H,19,21). The molecule has 6 heteroatoms. The van der Waals surface area contributed by atoms with Gasteiger partial charge in [-0.2, -0.15) is 0 Å². The molecular weight excluding hydrogens is 296 g/mol. The molecule has 2 aromatic carbocycles. The van der Waals surface area contributed by atoms with Gasteiger partial charge in [-0.3, -0.25) is 9.59 Å². The Morgan fingerprint density at radius 1 is 1.22 bits per heavy atom. The van der Waals surface area contributed by atoms with E-state index < -0.39 is 0 Å². The summed E-state index contributed by atoms with van der Waals surface area (Å²) < 4.78 is 10.7. The van der Waals surface area contributed by atoms with Crippen LogP contribution in [0.25, 0.3) is 0 Å². The molecule has 1 aliphatic rings. The molecule has 0 aliphatic carbocycles. The average molecular weight is 312 g/mol. The molecular formula is C17H16N2O4. The lowest BCUT2D eigenvalue weighted by Crippen LogP contribution is -2.28. The van der Waals surface area contributed by atoms with Gasteiger partial charge in [0.15, 0.2) is 13.2 Å². The first-order valence-electron chi connectivity index (χ1n) is 7.21. The Morgan fingerprint density at radius 3 is 2.87 bits per heavy atom. The van der Waals surface area contributed by atoms with Crippen molar-refractivity contribution in [2.24, 2.45) is 0 Å². The largest absolute Gasteiger partial charge is 0.484 e. The number of anilines is 1. The van der Waals surface area contributed by atoms with Gasteiger partial charge in [-0.1, -0.05) is 30.3 Å². The minimum Gasteiger partial charge on any atom is -0.484 e. The van der Waals surface area contributed by atoms with Crippen molar-refractivity contribution in [3.05, 3.63) is 54.1 Å². The van der Waals surface area contributed by atoms with Crippen LogP contribution in [0.4, 0.5) is 5.69 Å². The molecule has 2 amide bonds. The molecule has 0 radical (unpaired) electrons. The maximum absolute atomic E-state index is 11.8. The smallest absolute Gasteiger partial charge is 0.262 e. The highest BCUT2D eigenvalue weighted by atomic mass is 16.5. The second-order valence-corrected chi connectivity index (χ2v) is 5.05. The van der Waals surface area contributed by atoms with Gasteiger partial charge in [-0.25, -0.2) is 0 Å². The highest BCUT2D eigenvalue weighted by Gasteiger charge is 2.16. The van der Waals surface area contributed by atoms with Crippen LogP contribution < -0.4 is 20.1 Å². The van der Waals surface area contributed by atoms with Crippen LogP contribution in [0.2, 0.25) is 0 Å². The molecule has 0 saturated heterocycles. The van der Waals surface area contributed by atoms with Crippen molar-refractivity contribution in [3.8, 4) is 11.5 Å². The second-order valence-electron chi connectivity index (χ2n) is 5.05. The van der Waals surface area contributed by atoms with Gasteiger partial charge in [0.05, 0.1) is 5.69 Å². The number of benzene rings is 2. The third kappa shape index (κ3) is 4.00. The maximum Gasteiger partial charge on any atom is 0.262 e. The molecule has 2 N–H and O–H groups in total. The molecule has 0 bridgehead atoms. The molecule has 0 spiro atoms. The van der Waals surface area contributed by atoms with Crippen molar-refractivity contribution in [1.82, 2.24) is 5.32 Å². The highest BCUT2D eigenvalue weighted by Crippen LogP contribution is 2.31. The normalized spacial score (nSPS) is 12.6. The van der Waals surface area contributed by atoms with Crippen LogP contribution in [-0.4, -0.2) is 25.0 Å². The number of hydrogen-bond donors (Lipinski definition) is 2. The van der Waals surface area contributed by atoms with E-state index in [1.165, 1.54) is 0 Å². The maximum atomic E-state index is 11.8. The minimum atomic E-state index is -0.216. The van der Waals surface area contributed by atoms with Crippen molar-refractivity contribution in [2.45, 2.75) is 6.54 Å². The quantitative estimate of drug-likeness (QED) is 0.881. The number of nitrogens with one attached hydrogen (secondary N) is 2. The summed E-state index contributed by atoms with van der Waals surface area (Å²) in [5, 5.41) is 5.47. The molecule has 6 nitrogen and oxygen atoms in total. The van der Waals surface area contributed by atoms with Gasteiger partial charge in [-0.15, -0.1) is 0 Å². The van der Waals surface area contributed by atoms with E-state index in [1.54, 1.807) is 18.2 Å². The third-order valence-electron chi connectivity index (χ3n) is 3.29. The first-order chi connectivity index (χ1) is 11.2. The van der Waals surface area contributed by atoms with Crippen molar-refractivity contribution in [1.29, 1.82) is 0 Å². The van der Waals surface area contributed by atoms with E-state index in [0.29, 0.717) is 23.7 Å². The van der Waals surface area contributed by atoms with Crippen LogP contribution in [0.5, 0.6) is 11.5 Å². The monoisotopic (exact) mass is 312 g/mol. The van der Waals surface area contributed by atoms with Crippen molar-refractivity contribution in [2.75, 3.05) is 18.5 Å². The molecule has 1 heterocycles. The van der Waals surface area contributed by atoms with E-state index in [4.69, 9.17) is 9.47 Å². The summed E-state index contributed by atoms with van der Waals surface area (Å²) in [6, 6.07) is 14.7. The van der Waals surface area contributed by atoms with Crippen LogP contribution in [-0.2, 0) is 16.1 Å². The van der Waals surface area contributed by atoms with Crippen LogP contribution in [0.1, 0.15) is 5.56 Å². The lowest BCUT2D eigenvalue weighted by atomic mass is 10.2. The van der Waals surface area contributed by atoms with Crippen molar-refractivity contribution in [3.63, 3.8) is 0 Å². The van der Waals surface area contributed by atoms with E-state index in [2.05, 4.69) is 10.6 Å². The predicted octanol–water partition coefficient (Wildman–Crippen LogP) is 1.71. The fraction of sp³-hybridized carbons (Fsp3) is 0.176. The number of carbonyl (C=O) groups is 2. The first kappa shape index (κ1) is 14.9. The number of amides is 2. The van der Waals surface area contributed by atoms with Gasteiger partial charge in [0, 0.05) is 12.6 Å². The van der Waals surface area contributed by atoms with Gasteiger partial charge in [0.25, 0.3) is 11.8 Å². The second kappa shape index (κ2) is 6.83. The Morgan fingerprint density at radius 2 is 2.04 bits per heavy atom. The number of fused-ring (bicyclic) bond motifs is 1. The zero-order valence-electron chi connectivity index (χ0n) is 12.4. The third-order valence-corrected chi connectivity index (χ3v) is 3.29. The number of hydrogen-bond acceptors (Lipinski definition) is 4. The Balaban J connectivity index is 1.51. The van der Waals surface area contributed by atoms with Crippen LogP contribution >= 0.6 is 0 Å². The van der Waals surface area contributed by atoms with Gasteiger partial charge in [0.2, 0.25) is 0 Å². The van der Waals surface area contributed by atoms with E-state index >= 15 is 0 Å². The Kier molecular flexibility index (Phi) is 4.42. The molecule has 0 aromatic heterocycles. The summed E-state index contributed by atoms with van der Waals surface area (Å²) in [6.45, 7) is 0.368. The summed E-state index contributed by atoms with van der Waals surface area (Å²) in [6.07, 6.45) is 0. The van der Waals surface area contributed by atoms with Crippen LogP contribution in [0.3, 0.4) is 0 Å². The van der Waals surface area contributed by atoms with Crippen molar-refractivity contribution >= 4 is 17.5 Å². The van der Waals surface area contributed by atoms with E-state index in [0.717, 1.165) is 5.56 Å². The highest BCUT2D eigenvalue weighted by molar-refractivity contribution is 5.95. The van der Waals surface area contributed by atoms with Gasteiger partial charge < -0.3 is 20.1 Å². The zero-order valence-corrected chi connectivity index (χ0v) is 12.4. The average Bonchev–Trinajstić information content (AvgIpc) is 2.58. The number of carbonyl (C=O) groups excluding carboxylic acids is 2. The molecule has 23 heavy (non-hydrogen) atoms. The van der Waals surface area contributed by atoms with Crippen LogP contribution in [0.15, 0.2) is 48.5 Å². The van der Waals surface area contributed by atoms with Gasteiger partial charge >= 0.3 is 0 Å². The fourth-order valence-electron chi connectivity index (χ4n) is 2.15. The fourth-order valence-corrected chi connectivity index (χ4v) is 2.15. The minimum absolute atomic E-state index is 0.00902. The summed E-state index contributed by atoms with van der Waals surface area (Å²) >= 11 is 0. The molecule has 3 rings (SSSR count). The van der Waals surface area contributed by atoms with E-state index in [1.807, 2.05) is 30.3 Å². The van der Waals surface area contributed by atoms with Crippen LogP contribution in [0, 0.1) is 0 Å². The molecule has 0 saturated carbocycles. The molecule has 118 valence electrons. The van der Waals surface area contributed by atoms with Gasteiger partial charge in [0.1, 0.15) is 11.5 Å². The summed E-state index contributed by atoms with van der Waals surface area (Å²) in [5.41, 5.74) is 1.57. The Bertz CT molecular complexity index is 716. The molecule has 1 aliphatic heterocycles. The number of ether oxygens (including phenoxy) is 2. The molecule has 0 fully saturated rings. The lowest BCUT2D eigenvalue weighted by molar-refractivity contribution is -0.123. The number of rotatable bonds is 5. The van der Waals surface area contributed by atoms with E-state index in [9.17, 15) is 9.59 Å². The summed E-state index contributed by atoms with van der Waals surface area (Å²) in [5.74, 6) is 0.650. The first-order valence-corrected chi connectivity index (χ1v) is 7.21. The van der Waals surface area contributed by atoms with Gasteiger partial charge in [-0.05, 0) is 17.7 Å². The van der Waals surface area contributed by atoms with E-state index in [-0.39, 0.29) is 25.0 Å². The lowest BCUT2D eigenvalue weighted by Gasteiger charge is -2.18. The predicted molar refractivity (Wildman–Crippen MR) is 84.4 cm³/mol. The molecule has 0 unspecified atom stereocenters. The SMILES string of the molecule is O=C(COc1ccc2c(c1)NC(=O)CO2)NCc1ccccc1. The Labute approximate surface area is 133 Å². The van der Waals surface area contributed by atoms with Crippen molar-refractivity contribution < 1.29 is 19.1 Å². The topological polar surface area (TPSA) is 76.7 Å². The molecule has 0 atom stereocenters. The zero-order chi connectivity index (χ0) is 16.1.